The van der Waals surface area contributed by atoms with Crippen LogP contribution in [0.5, 0.6) is 0 Å². The van der Waals surface area contributed by atoms with E-state index in [4.69, 9.17) is 0 Å². The van der Waals surface area contributed by atoms with Gasteiger partial charge in [0, 0.05) is 44.4 Å². The Labute approximate surface area is 134 Å². The zero-order chi connectivity index (χ0) is 16.1. The third kappa shape index (κ3) is 2.98. The van der Waals surface area contributed by atoms with Crippen molar-refractivity contribution >= 4 is 5.91 Å². The second-order valence-corrected chi connectivity index (χ2v) is 7.51. The van der Waals surface area contributed by atoms with Crippen LogP contribution in [0.15, 0.2) is 12.4 Å². The van der Waals surface area contributed by atoms with Crippen LogP contribution in [-0.4, -0.2) is 58.0 Å². The first-order valence-electron chi connectivity index (χ1n) is 8.33. The predicted molar refractivity (Wildman–Crippen MR) is 79.8 cm³/mol. The van der Waals surface area contributed by atoms with Gasteiger partial charge < -0.3 is 4.90 Å². The van der Waals surface area contributed by atoms with Crippen LogP contribution in [-0.2, 0) is 11.3 Å². The van der Waals surface area contributed by atoms with Gasteiger partial charge in [-0.3, -0.25) is 14.8 Å². The third-order valence-corrected chi connectivity index (χ3v) is 5.32. The number of aromatic amines is 1. The van der Waals surface area contributed by atoms with Crippen molar-refractivity contribution in [2.75, 3.05) is 26.2 Å². The van der Waals surface area contributed by atoms with Crippen LogP contribution in [0, 0.1) is 11.3 Å². The van der Waals surface area contributed by atoms with Crippen LogP contribution >= 0.6 is 0 Å². The number of rotatable bonds is 4. The molecule has 1 amide bonds. The molecular weight excluding hydrogens is 302 g/mol. The Bertz CT molecular complexity index is 587. The maximum absolute atomic E-state index is 14.3. The Kier molecular flexibility index (Phi) is 3.44. The van der Waals surface area contributed by atoms with E-state index in [9.17, 15) is 13.6 Å². The van der Waals surface area contributed by atoms with Gasteiger partial charge in [-0.25, -0.2) is 8.78 Å². The molecule has 0 aromatic carbocycles. The van der Waals surface area contributed by atoms with E-state index in [2.05, 4.69) is 10.2 Å². The molecule has 1 aromatic rings. The van der Waals surface area contributed by atoms with Crippen molar-refractivity contribution in [1.29, 1.82) is 0 Å². The summed E-state index contributed by atoms with van der Waals surface area (Å²) < 4.78 is 28.6. The van der Waals surface area contributed by atoms with Crippen molar-refractivity contribution in [3.63, 3.8) is 0 Å². The molecule has 4 rings (SSSR count). The Morgan fingerprint density at radius 2 is 2.17 bits per heavy atom. The van der Waals surface area contributed by atoms with E-state index in [-0.39, 0.29) is 18.9 Å². The average molecular weight is 324 g/mol. The van der Waals surface area contributed by atoms with Crippen LogP contribution in [0.3, 0.4) is 0 Å². The molecule has 3 fully saturated rings. The smallest absolute Gasteiger partial charge is 0.261 e. The summed E-state index contributed by atoms with van der Waals surface area (Å²) in [7, 11) is 0. The molecule has 23 heavy (non-hydrogen) atoms. The van der Waals surface area contributed by atoms with Crippen LogP contribution < -0.4 is 0 Å². The summed E-state index contributed by atoms with van der Waals surface area (Å²) in [5.74, 6) is -2.27. The summed E-state index contributed by atoms with van der Waals surface area (Å²) in [5.41, 5.74) is -0.0291. The molecule has 0 unspecified atom stereocenters. The minimum atomic E-state index is -2.81. The Balaban J connectivity index is 1.51. The lowest BCUT2D eigenvalue weighted by molar-refractivity contribution is -0.155. The highest BCUT2D eigenvalue weighted by molar-refractivity contribution is 5.85. The van der Waals surface area contributed by atoms with E-state index in [0.717, 1.165) is 12.1 Å². The predicted octanol–water partition coefficient (Wildman–Crippen LogP) is 1.88. The van der Waals surface area contributed by atoms with Crippen LogP contribution in [0.4, 0.5) is 8.78 Å². The molecule has 126 valence electrons. The van der Waals surface area contributed by atoms with Gasteiger partial charge >= 0.3 is 0 Å². The van der Waals surface area contributed by atoms with E-state index in [1.807, 2.05) is 4.90 Å². The molecule has 1 aromatic heterocycles. The number of hydrogen-bond donors (Lipinski definition) is 1. The number of halogens is 2. The molecule has 1 atom stereocenters. The Hall–Kier alpha value is -1.50. The molecule has 0 bridgehead atoms. The second-order valence-electron chi connectivity index (χ2n) is 7.51. The van der Waals surface area contributed by atoms with Gasteiger partial charge in [0.15, 0.2) is 0 Å². The number of piperidine rings is 1. The van der Waals surface area contributed by atoms with Gasteiger partial charge in [-0.15, -0.1) is 0 Å². The fourth-order valence-electron chi connectivity index (χ4n) is 4.14. The highest BCUT2D eigenvalue weighted by atomic mass is 19.3. The molecule has 2 aliphatic heterocycles. The number of carbonyl (C=O) groups excluding carboxylic acids is 1. The van der Waals surface area contributed by atoms with Gasteiger partial charge in [-0.2, -0.15) is 5.10 Å². The zero-order valence-corrected chi connectivity index (χ0v) is 13.1. The second kappa shape index (κ2) is 5.26. The molecule has 3 heterocycles. The van der Waals surface area contributed by atoms with Crippen molar-refractivity contribution in [1.82, 2.24) is 20.0 Å². The molecule has 0 radical (unpaired) electrons. The van der Waals surface area contributed by atoms with Crippen LogP contribution in [0.2, 0.25) is 0 Å². The lowest BCUT2D eigenvalue weighted by atomic mass is 9.77. The Morgan fingerprint density at radius 3 is 2.87 bits per heavy atom. The number of likely N-dealkylation sites (tertiary alicyclic amines) is 2. The summed E-state index contributed by atoms with van der Waals surface area (Å²) in [6.07, 6.45) is 5.95. The molecule has 2 saturated heterocycles. The number of nitrogens with zero attached hydrogens (tertiary/aromatic N) is 3. The number of aromatic nitrogens is 2. The molecule has 1 spiro atoms. The molecule has 7 heteroatoms. The van der Waals surface area contributed by atoms with Crippen LogP contribution in [0.25, 0.3) is 0 Å². The van der Waals surface area contributed by atoms with Crippen molar-refractivity contribution in [3.05, 3.63) is 18.0 Å². The van der Waals surface area contributed by atoms with Gasteiger partial charge in [0.2, 0.25) is 5.91 Å². The van der Waals surface area contributed by atoms with E-state index >= 15 is 0 Å². The normalized spacial score (nSPS) is 31.2. The van der Waals surface area contributed by atoms with Crippen molar-refractivity contribution < 1.29 is 13.6 Å². The van der Waals surface area contributed by atoms with Gasteiger partial charge in [0.25, 0.3) is 5.92 Å². The lowest BCUT2D eigenvalue weighted by Gasteiger charge is -2.42. The fourth-order valence-corrected chi connectivity index (χ4v) is 4.14. The summed E-state index contributed by atoms with van der Waals surface area (Å²) in [5, 5.41) is 6.57. The number of H-pyrrole nitrogens is 1. The van der Waals surface area contributed by atoms with Crippen molar-refractivity contribution in [2.24, 2.45) is 11.3 Å². The van der Waals surface area contributed by atoms with Crippen LogP contribution in [0.1, 0.15) is 31.2 Å². The van der Waals surface area contributed by atoms with E-state index in [0.29, 0.717) is 32.0 Å². The highest BCUT2D eigenvalue weighted by Gasteiger charge is 2.56. The van der Waals surface area contributed by atoms with E-state index in [1.165, 1.54) is 12.8 Å². The largest absolute Gasteiger partial charge is 0.342 e. The maximum atomic E-state index is 14.3. The minimum Gasteiger partial charge on any atom is -0.342 e. The van der Waals surface area contributed by atoms with E-state index in [1.54, 1.807) is 17.3 Å². The molecule has 3 aliphatic rings. The maximum Gasteiger partial charge on any atom is 0.261 e. The van der Waals surface area contributed by atoms with Crippen molar-refractivity contribution in [2.45, 2.75) is 38.2 Å². The minimum absolute atomic E-state index is 0.0547. The van der Waals surface area contributed by atoms with Gasteiger partial charge in [-0.05, 0) is 25.2 Å². The molecule has 1 aliphatic carbocycles. The first kappa shape index (κ1) is 15.1. The summed E-state index contributed by atoms with van der Waals surface area (Å²) in [6.45, 7) is 1.94. The Morgan fingerprint density at radius 1 is 1.35 bits per heavy atom. The van der Waals surface area contributed by atoms with E-state index < -0.39 is 11.3 Å². The standard InChI is InChI=1S/C16H22F2N4O/c17-16(18)9-15(3-4-22(14(15)23)8-12-1-2-12)10-21(11-16)7-13-5-19-20-6-13/h5-6,12H,1-4,7-11H2,(H,19,20)/t15-/m1/s1. The SMILES string of the molecule is O=C1N(CC2CC2)CC[C@@]12CN(Cc1cn[nH]c1)CC(F)(F)C2. The summed E-state index contributed by atoms with van der Waals surface area (Å²) >= 11 is 0. The molecular formula is C16H22F2N4O. The summed E-state index contributed by atoms with van der Waals surface area (Å²) in [4.78, 5) is 16.4. The number of amides is 1. The molecule has 5 nitrogen and oxygen atoms in total. The first-order valence-corrected chi connectivity index (χ1v) is 8.33. The quantitative estimate of drug-likeness (QED) is 0.920. The van der Waals surface area contributed by atoms with Crippen molar-refractivity contribution in [3.8, 4) is 0 Å². The number of nitrogens with one attached hydrogen (secondary N) is 1. The number of carbonyl (C=O) groups is 1. The van der Waals surface area contributed by atoms with Gasteiger partial charge in [-0.1, -0.05) is 0 Å². The molecule has 1 saturated carbocycles. The third-order valence-electron chi connectivity index (χ3n) is 5.32. The number of alkyl halides is 2. The summed E-state index contributed by atoms with van der Waals surface area (Å²) in [6, 6.07) is 0. The zero-order valence-electron chi connectivity index (χ0n) is 13.1. The topological polar surface area (TPSA) is 52.2 Å². The monoisotopic (exact) mass is 324 g/mol. The highest BCUT2D eigenvalue weighted by Crippen LogP contribution is 2.46. The first-order chi connectivity index (χ1) is 11.0. The average Bonchev–Trinajstić information content (AvgIpc) is 3.07. The lowest BCUT2D eigenvalue weighted by Crippen LogP contribution is -2.55. The van der Waals surface area contributed by atoms with Gasteiger partial charge in [0.1, 0.15) is 0 Å². The molecule has 1 N–H and O–H groups in total. The van der Waals surface area contributed by atoms with Gasteiger partial charge in [0.05, 0.1) is 18.2 Å². The fraction of sp³-hybridized carbons (Fsp3) is 0.750. The number of hydrogen-bond acceptors (Lipinski definition) is 3.